The van der Waals surface area contributed by atoms with E-state index in [4.69, 9.17) is 16.4 Å². The number of rotatable bonds is 2. The van der Waals surface area contributed by atoms with E-state index in [1.807, 2.05) is 0 Å². The highest BCUT2D eigenvalue weighted by Gasteiger charge is 1.79. The van der Waals surface area contributed by atoms with Crippen molar-refractivity contribution in [2.75, 3.05) is 0 Å². The third-order valence-electron chi connectivity index (χ3n) is 0.152. The summed E-state index contributed by atoms with van der Waals surface area (Å²) in [7, 11) is 0. The van der Waals surface area contributed by atoms with E-state index in [1.165, 1.54) is 0 Å². The fraction of sp³-hybridized carbons (Fsp3) is 0. The van der Waals surface area contributed by atoms with Crippen LogP contribution in [0, 0.1) is 0 Å². The van der Waals surface area contributed by atoms with Crippen LogP contribution < -0.4 is 0 Å². The Balaban J connectivity index is 3.05. The average molecular weight is 105 g/mol. The Morgan fingerprint density at radius 2 is 2.50 bits per heavy atom. The zero-order valence-corrected chi connectivity index (χ0v) is 3.66. The highest BCUT2D eigenvalue weighted by atomic mass is 35.5. The minimum Gasteiger partial charge on any atom is -0.406 e. The first-order chi connectivity index (χ1) is 2.77. The topological polar surface area (TPSA) is 26.3 Å². The van der Waals surface area contributed by atoms with Crippen LogP contribution in [0.25, 0.3) is 0 Å². The first-order valence-corrected chi connectivity index (χ1v) is 1.53. The quantitative estimate of drug-likeness (QED) is 0.485. The van der Waals surface area contributed by atoms with Gasteiger partial charge in [-0.2, -0.15) is 0 Å². The molecule has 2 nitrogen and oxygen atoms in total. The summed E-state index contributed by atoms with van der Waals surface area (Å²) in [6, 6.07) is 0. The van der Waals surface area contributed by atoms with Crippen LogP contribution in [-0.4, -0.2) is 6.47 Å². The van der Waals surface area contributed by atoms with E-state index in [1.54, 1.807) is 0 Å². The molecule has 0 bridgehead atoms. The molecule has 0 saturated carbocycles. The van der Waals surface area contributed by atoms with E-state index < -0.39 is 0 Å². The van der Waals surface area contributed by atoms with Gasteiger partial charge in [0.1, 0.15) is 0 Å². The Hall–Kier alpha value is -0.500. The van der Waals surface area contributed by atoms with Crippen LogP contribution >= 0.6 is 11.6 Å². The van der Waals surface area contributed by atoms with Crippen LogP contribution in [0.5, 0.6) is 0 Å². The van der Waals surface area contributed by atoms with Gasteiger partial charge in [0, 0.05) is 0 Å². The predicted octanol–water partition coefficient (Wildman–Crippen LogP) is 0.780. The summed E-state index contributed by atoms with van der Waals surface area (Å²) in [6.45, 7) is 4.11. The summed E-state index contributed by atoms with van der Waals surface area (Å²) in [6.07, 6.45) is 0. The molecule has 0 atom stereocenters. The smallest absolute Gasteiger partial charge is 0.406 e. The molecule has 0 aromatic rings. The number of carbonyl (C=O) groups excluding carboxylic acids is 1. The molecule has 3 heteroatoms. The van der Waals surface area contributed by atoms with Gasteiger partial charge in [0.25, 0.3) is 0 Å². The molecule has 0 rings (SSSR count). The highest BCUT2D eigenvalue weighted by molar-refractivity contribution is 6.28. The summed E-state index contributed by atoms with van der Waals surface area (Å²) in [5.41, 5.74) is 0. The third kappa shape index (κ3) is 3.50. The first-order valence-electron chi connectivity index (χ1n) is 1.15. The molecule has 0 aromatic heterocycles. The van der Waals surface area contributed by atoms with E-state index in [0.29, 0.717) is 0 Å². The van der Waals surface area contributed by atoms with Crippen molar-refractivity contribution in [2.24, 2.45) is 0 Å². The maximum Gasteiger partial charge on any atom is 0.424 e. The lowest BCUT2D eigenvalue weighted by Gasteiger charge is -1.80. The molecule has 0 spiro atoms. The number of hydrogen-bond acceptors (Lipinski definition) is 2. The lowest BCUT2D eigenvalue weighted by molar-refractivity contribution is 0.388. The lowest BCUT2D eigenvalue weighted by Crippen LogP contribution is -1.74. The van der Waals surface area contributed by atoms with Crippen LogP contribution in [0.1, 0.15) is 0 Å². The molecule has 0 heterocycles. The minimum atomic E-state index is -0.162. The highest BCUT2D eigenvalue weighted by Crippen LogP contribution is 1.93. The molecule has 0 saturated heterocycles. The Labute approximate surface area is 40.4 Å². The molecule has 0 aromatic carbocycles. The molecule has 0 fully saturated rings. The molecule has 0 aliphatic rings. The monoisotopic (exact) mass is 105 g/mol. The molecular formula is C3H2ClO2. The minimum absolute atomic E-state index is 0.162. The second kappa shape index (κ2) is 2.72. The molecule has 0 unspecified atom stereocenters. The van der Waals surface area contributed by atoms with Crippen molar-refractivity contribution < 1.29 is 9.53 Å². The average Bonchev–Trinajstić information content (AvgIpc) is 1.35. The second-order valence-electron chi connectivity index (χ2n) is 0.541. The van der Waals surface area contributed by atoms with E-state index in [2.05, 4.69) is 11.3 Å². The van der Waals surface area contributed by atoms with Gasteiger partial charge >= 0.3 is 6.47 Å². The van der Waals surface area contributed by atoms with Gasteiger partial charge in [0.2, 0.25) is 0 Å². The van der Waals surface area contributed by atoms with Crippen molar-refractivity contribution in [2.45, 2.75) is 0 Å². The fourth-order valence-corrected chi connectivity index (χ4v) is 0.0767. The van der Waals surface area contributed by atoms with Gasteiger partial charge in [0.15, 0.2) is 5.22 Å². The van der Waals surface area contributed by atoms with Crippen LogP contribution in [0.3, 0.4) is 0 Å². The lowest BCUT2D eigenvalue weighted by atomic mass is 11.1. The third-order valence-corrected chi connectivity index (χ3v) is 0.230. The van der Waals surface area contributed by atoms with Crippen molar-refractivity contribution >= 4 is 18.1 Å². The Bertz CT molecular complexity index is 69.2. The Morgan fingerprint density at radius 1 is 2.00 bits per heavy atom. The molecule has 6 heavy (non-hydrogen) atoms. The van der Waals surface area contributed by atoms with Crippen molar-refractivity contribution in [1.82, 2.24) is 0 Å². The molecule has 0 N–H and O–H groups in total. The summed E-state index contributed by atoms with van der Waals surface area (Å²) in [5, 5.41) is -0.162. The SMILES string of the molecule is C=C(Cl)O[C]=O. The molecule has 1 radical (unpaired) electrons. The molecule has 0 aliphatic heterocycles. The number of hydrogen-bond donors (Lipinski definition) is 0. The Morgan fingerprint density at radius 3 is 2.50 bits per heavy atom. The predicted molar refractivity (Wildman–Crippen MR) is 21.8 cm³/mol. The second-order valence-corrected chi connectivity index (χ2v) is 0.962. The van der Waals surface area contributed by atoms with Gasteiger partial charge in [-0.1, -0.05) is 0 Å². The van der Waals surface area contributed by atoms with Gasteiger partial charge in [-0.25, -0.2) is 4.79 Å². The van der Waals surface area contributed by atoms with Gasteiger partial charge in [-0.3, -0.25) is 0 Å². The molecular weight excluding hydrogens is 103 g/mol. The molecule has 0 amide bonds. The molecule has 0 aliphatic carbocycles. The summed E-state index contributed by atoms with van der Waals surface area (Å²) < 4.78 is 3.81. The maximum atomic E-state index is 9.12. The normalized spacial score (nSPS) is 6.83. The van der Waals surface area contributed by atoms with Crippen LogP contribution in [0.15, 0.2) is 11.8 Å². The van der Waals surface area contributed by atoms with Crippen LogP contribution in [0.4, 0.5) is 0 Å². The summed E-state index contributed by atoms with van der Waals surface area (Å²) in [5.74, 6) is 0. The maximum absolute atomic E-state index is 9.12. The van der Waals surface area contributed by atoms with Crippen LogP contribution in [-0.2, 0) is 9.53 Å². The first kappa shape index (κ1) is 5.50. The summed E-state index contributed by atoms with van der Waals surface area (Å²) >= 11 is 4.90. The Kier molecular flexibility index (Phi) is 2.50. The van der Waals surface area contributed by atoms with Crippen molar-refractivity contribution in [3.8, 4) is 0 Å². The zero-order chi connectivity index (χ0) is 4.99. The fourth-order valence-electron chi connectivity index (χ4n) is 0.0452. The molecule has 33 valence electrons. The van der Waals surface area contributed by atoms with Crippen molar-refractivity contribution in [3.63, 3.8) is 0 Å². The number of ether oxygens (including phenoxy) is 1. The summed E-state index contributed by atoms with van der Waals surface area (Å²) in [4.78, 5) is 9.12. The largest absolute Gasteiger partial charge is 0.424 e. The van der Waals surface area contributed by atoms with Gasteiger partial charge in [-0.05, 0) is 18.2 Å². The van der Waals surface area contributed by atoms with Crippen molar-refractivity contribution in [1.29, 1.82) is 0 Å². The number of halogens is 1. The van der Waals surface area contributed by atoms with E-state index in [0.717, 1.165) is 6.47 Å². The zero-order valence-electron chi connectivity index (χ0n) is 2.90. The van der Waals surface area contributed by atoms with Crippen molar-refractivity contribution in [3.05, 3.63) is 11.8 Å². The van der Waals surface area contributed by atoms with Gasteiger partial charge < -0.3 is 4.74 Å². The van der Waals surface area contributed by atoms with E-state index in [9.17, 15) is 0 Å². The van der Waals surface area contributed by atoms with E-state index >= 15 is 0 Å². The standard InChI is InChI=1S/C3H2ClO2/c1-3(4)6-2-5/h1H2. The van der Waals surface area contributed by atoms with Gasteiger partial charge in [-0.15, -0.1) is 0 Å². The van der Waals surface area contributed by atoms with E-state index in [-0.39, 0.29) is 5.22 Å². The van der Waals surface area contributed by atoms with Crippen LogP contribution in [0.2, 0.25) is 0 Å². The van der Waals surface area contributed by atoms with Gasteiger partial charge in [0.05, 0.1) is 0 Å².